The van der Waals surface area contributed by atoms with Crippen LogP contribution in [0.2, 0.25) is 0 Å². The van der Waals surface area contributed by atoms with E-state index in [4.69, 9.17) is 24.1 Å². The standard InChI is InChI=1S/C31H46N2O10/c1-30-8-7-21(35)17-20(30)3-4-22-23-5-6-24(31(23,2)18-25(36)27(22)30)26(37)19-43-29(39)33-10-13-41-15-16-42-28(38)32-9-12-40-14-11-34/h7-8,17,22-25,27,34,36H,3-6,9-16,18-19H2,1-2H3,(H,32,38)(H,33,39). The average Bonchev–Trinajstić information content (AvgIpc) is 3.32. The third-order valence-electron chi connectivity index (χ3n) is 9.95. The van der Waals surface area contributed by atoms with E-state index in [1.807, 2.05) is 6.08 Å². The van der Waals surface area contributed by atoms with Gasteiger partial charge in [-0.1, -0.05) is 25.5 Å². The molecule has 0 bridgehead atoms. The third kappa shape index (κ3) is 7.65. The summed E-state index contributed by atoms with van der Waals surface area (Å²) in [6.07, 6.45) is 7.27. The zero-order valence-corrected chi connectivity index (χ0v) is 25.2. The van der Waals surface area contributed by atoms with Crippen LogP contribution in [0.25, 0.3) is 0 Å². The topological polar surface area (TPSA) is 170 Å². The van der Waals surface area contributed by atoms with E-state index in [0.717, 1.165) is 24.8 Å². The number of allylic oxidation sites excluding steroid dienone is 4. The van der Waals surface area contributed by atoms with Crippen LogP contribution in [0.4, 0.5) is 9.59 Å². The monoisotopic (exact) mass is 606 g/mol. The van der Waals surface area contributed by atoms with Gasteiger partial charge < -0.3 is 39.8 Å². The van der Waals surface area contributed by atoms with E-state index in [1.54, 1.807) is 12.2 Å². The van der Waals surface area contributed by atoms with Gasteiger partial charge in [-0.2, -0.15) is 0 Å². The second-order valence-electron chi connectivity index (χ2n) is 12.4. The highest BCUT2D eigenvalue weighted by atomic mass is 16.6. The summed E-state index contributed by atoms with van der Waals surface area (Å²) in [5.74, 6) is 0.151. The van der Waals surface area contributed by atoms with Crippen LogP contribution in [0.3, 0.4) is 0 Å². The summed E-state index contributed by atoms with van der Waals surface area (Å²) in [6, 6.07) is 0. The molecule has 4 rings (SSSR count). The number of carbonyl (C=O) groups is 4. The summed E-state index contributed by atoms with van der Waals surface area (Å²) in [7, 11) is 0. The Morgan fingerprint density at radius 1 is 0.953 bits per heavy atom. The minimum Gasteiger partial charge on any atom is -0.447 e. The Kier molecular flexibility index (Phi) is 11.4. The Balaban J connectivity index is 1.14. The Hall–Kier alpha value is -2.80. The van der Waals surface area contributed by atoms with Gasteiger partial charge in [0, 0.05) is 30.3 Å². The molecule has 240 valence electrons. The fourth-order valence-corrected chi connectivity index (χ4v) is 8.11. The number of amides is 2. The Morgan fingerprint density at radius 2 is 1.65 bits per heavy atom. The van der Waals surface area contributed by atoms with E-state index in [-0.39, 0.29) is 105 Å². The summed E-state index contributed by atoms with van der Waals surface area (Å²) in [6.45, 7) is 5.08. The molecule has 3 fully saturated rings. The lowest BCUT2D eigenvalue weighted by Crippen LogP contribution is -2.56. The van der Waals surface area contributed by atoms with E-state index in [1.165, 1.54) is 0 Å². The summed E-state index contributed by atoms with van der Waals surface area (Å²) >= 11 is 0. The minimum absolute atomic E-state index is 0.00864. The average molecular weight is 607 g/mol. The molecule has 0 aromatic carbocycles. The number of carbonyl (C=O) groups excluding carboxylic acids is 4. The molecule has 43 heavy (non-hydrogen) atoms. The molecule has 2 amide bonds. The van der Waals surface area contributed by atoms with Gasteiger partial charge in [-0.25, -0.2) is 9.59 Å². The van der Waals surface area contributed by atoms with E-state index < -0.39 is 18.3 Å². The highest BCUT2D eigenvalue weighted by molar-refractivity contribution is 6.01. The quantitative estimate of drug-likeness (QED) is 0.214. The van der Waals surface area contributed by atoms with Gasteiger partial charge in [-0.15, -0.1) is 0 Å². The van der Waals surface area contributed by atoms with Crippen molar-refractivity contribution in [2.45, 2.75) is 52.1 Å². The molecule has 12 heteroatoms. The molecular weight excluding hydrogens is 560 g/mol. The molecule has 0 saturated heterocycles. The maximum Gasteiger partial charge on any atom is 0.407 e. The van der Waals surface area contributed by atoms with Crippen LogP contribution in [0.5, 0.6) is 0 Å². The molecule has 0 spiro atoms. The predicted molar refractivity (Wildman–Crippen MR) is 154 cm³/mol. The van der Waals surface area contributed by atoms with E-state index in [2.05, 4.69) is 24.5 Å². The van der Waals surface area contributed by atoms with Gasteiger partial charge in [0.15, 0.2) is 18.2 Å². The molecule has 0 aliphatic heterocycles. The van der Waals surface area contributed by atoms with Crippen LogP contribution < -0.4 is 10.6 Å². The van der Waals surface area contributed by atoms with Gasteiger partial charge in [0.05, 0.1) is 39.1 Å². The maximum absolute atomic E-state index is 13.3. The first-order valence-electron chi connectivity index (χ1n) is 15.3. The molecule has 4 aliphatic rings. The van der Waals surface area contributed by atoms with Crippen molar-refractivity contribution in [3.8, 4) is 0 Å². The maximum atomic E-state index is 13.3. The number of nitrogens with one attached hydrogen (secondary N) is 2. The second-order valence-corrected chi connectivity index (χ2v) is 12.4. The first-order chi connectivity index (χ1) is 20.6. The third-order valence-corrected chi connectivity index (χ3v) is 9.95. The molecule has 0 aromatic heterocycles. The van der Waals surface area contributed by atoms with Crippen molar-refractivity contribution >= 4 is 23.8 Å². The number of aliphatic hydroxyl groups excluding tert-OH is 2. The lowest BCUT2D eigenvalue weighted by molar-refractivity contribution is -0.141. The zero-order chi connectivity index (χ0) is 31.0. The molecule has 0 heterocycles. The number of Topliss-reactive ketones (excluding diaryl/α,β-unsaturated/α-hetero) is 1. The van der Waals surface area contributed by atoms with Crippen molar-refractivity contribution < 1.29 is 48.3 Å². The van der Waals surface area contributed by atoms with E-state index in [0.29, 0.717) is 12.8 Å². The van der Waals surface area contributed by atoms with Crippen molar-refractivity contribution in [3.63, 3.8) is 0 Å². The van der Waals surface area contributed by atoms with E-state index >= 15 is 0 Å². The lowest BCUT2D eigenvalue weighted by Gasteiger charge is -2.58. The van der Waals surface area contributed by atoms with Gasteiger partial charge in [-0.05, 0) is 61.5 Å². The van der Waals surface area contributed by atoms with E-state index in [9.17, 15) is 24.3 Å². The number of ketones is 2. The number of ether oxygens (including phenoxy) is 4. The van der Waals surface area contributed by atoms with Crippen LogP contribution in [0, 0.1) is 34.5 Å². The first kappa shape index (κ1) is 33.1. The number of hydrogen-bond donors (Lipinski definition) is 4. The second kappa shape index (κ2) is 14.8. The predicted octanol–water partition coefficient (Wildman–Crippen LogP) is 1.93. The van der Waals surface area contributed by atoms with Crippen molar-refractivity contribution in [2.24, 2.45) is 34.5 Å². The summed E-state index contributed by atoms with van der Waals surface area (Å²) in [5, 5.41) is 25.1. The molecule has 0 radical (unpaired) electrons. The molecule has 7 unspecified atom stereocenters. The van der Waals surface area contributed by atoms with Crippen LogP contribution >= 0.6 is 0 Å². The largest absolute Gasteiger partial charge is 0.447 e. The number of fused-ring (bicyclic) bond motifs is 5. The number of rotatable bonds is 14. The summed E-state index contributed by atoms with van der Waals surface area (Å²) < 4.78 is 20.5. The highest BCUT2D eigenvalue weighted by Gasteiger charge is 2.62. The summed E-state index contributed by atoms with van der Waals surface area (Å²) in [4.78, 5) is 49.0. The molecule has 3 saturated carbocycles. The van der Waals surface area contributed by atoms with Crippen molar-refractivity contribution in [2.75, 3.05) is 59.3 Å². The summed E-state index contributed by atoms with van der Waals surface area (Å²) in [5.41, 5.74) is 0.389. The fourth-order valence-electron chi connectivity index (χ4n) is 8.11. The Labute approximate surface area is 252 Å². The van der Waals surface area contributed by atoms with Crippen LogP contribution in [0.1, 0.15) is 46.0 Å². The normalized spacial score (nSPS) is 32.6. The molecule has 12 nitrogen and oxygen atoms in total. The first-order valence-corrected chi connectivity index (χ1v) is 15.3. The number of hydrogen-bond acceptors (Lipinski definition) is 10. The Bertz CT molecular complexity index is 1090. The highest BCUT2D eigenvalue weighted by Crippen LogP contribution is 2.66. The molecular formula is C31H46N2O10. The molecule has 0 aromatic rings. The van der Waals surface area contributed by atoms with Crippen LogP contribution in [0.15, 0.2) is 23.8 Å². The Morgan fingerprint density at radius 3 is 2.37 bits per heavy atom. The fraction of sp³-hybridized carbons (Fsp3) is 0.742. The number of alkyl carbamates (subject to hydrolysis) is 2. The van der Waals surface area contributed by atoms with Gasteiger partial charge >= 0.3 is 12.2 Å². The van der Waals surface area contributed by atoms with Crippen LogP contribution in [-0.4, -0.2) is 99.4 Å². The van der Waals surface area contributed by atoms with Gasteiger partial charge in [-0.3, -0.25) is 9.59 Å². The van der Waals surface area contributed by atoms with Crippen molar-refractivity contribution in [1.29, 1.82) is 0 Å². The van der Waals surface area contributed by atoms with Gasteiger partial charge in [0.1, 0.15) is 6.61 Å². The molecule has 4 N–H and O–H groups in total. The van der Waals surface area contributed by atoms with Crippen LogP contribution in [-0.2, 0) is 28.5 Å². The smallest absolute Gasteiger partial charge is 0.407 e. The molecule has 7 atom stereocenters. The van der Waals surface area contributed by atoms with Crippen molar-refractivity contribution in [1.82, 2.24) is 10.6 Å². The molecule has 4 aliphatic carbocycles. The lowest BCUT2D eigenvalue weighted by atomic mass is 9.46. The van der Waals surface area contributed by atoms with Crippen molar-refractivity contribution in [3.05, 3.63) is 23.8 Å². The zero-order valence-electron chi connectivity index (χ0n) is 25.2. The number of aliphatic hydroxyl groups is 2. The van der Waals surface area contributed by atoms with Gasteiger partial charge in [0.2, 0.25) is 0 Å². The van der Waals surface area contributed by atoms with Gasteiger partial charge in [0.25, 0.3) is 0 Å². The SMILES string of the molecule is CC12C=CC(=O)C=C1CCC1C2C(O)CC2(C)C(C(=O)COC(=O)NCCOCCOC(=O)NCCOCCO)CCC12. The minimum atomic E-state index is -0.711.